The predicted octanol–water partition coefficient (Wildman–Crippen LogP) is 1.93. The molecule has 122 valence electrons. The average molecular weight is 316 g/mol. The zero-order valence-corrected chi connectivity index (χ0v) is 14.5. The molecule has 0 fully saturated rings. The van der Waals surface area contributed by atoms with Crippen molar-refractivity contribution >= 4 is 10.0 Å². The lowest BCUT2D eigenvalue weighted by Gasteiger charge is -2.18. The third-order valence-corrected chi connectivity index (χ3v) is 5.37. The SMILES string of the molecule is CCNCc1n[nH]c(C)c1S(=O)(=O)NC(C)CC(C)CC. The fourth-order valence-corrected chi connectivity index (χ4v) is 3.95. The summed E-state index contributed by atoms with van der Waals surface area (Å²) in [5, 5.41) is 9.98. The summed E-state index contributed by atoms with van der Waals surface area (Å²) in [5.41, 5.74) is 1.11. The Hall–Kier alpha value is -0.920. The minimum absolute atomic E-state index is 0.0914. The van der Waals surface area contributed by atoms with E-state index in [0.717, 1.165) is 19.4 Å². The lowest BCUT2D eigenvalue weighted by atomic mass is 10.0. The monoisotopic (exact) mass is 316 g/mol. The lowest BCUT2D eigenvalue weighted by molar-refractivity contribution is 0.445. The van der Waals surface area contributed by atoms with Gasteiger partial charge in [0.1, 0.15) is 4.90 Å². The van der Waals surface area contributed by atoms with Crippen molar-refractivity contribution in [1.82, 2.24) is 20.2 Å². The second-order valence-corrected chi connectivity index (χ2v) is 7.33. The Labute approximate surface area is 128 Å². The Bertz CT molecular complexity index is 539. The molecule has 0 radical (unpaired) electrons. The molecule has 1 aromatic rings. The molecule has 0 aliphatic heterocycles. The molecule has 0 aromatic carbocycles. The first-order valence-electron chi connectivity index (χ1n) is 7.58. The van der Waals surface area contributed by atoms with Gasteiger partial charge in [-0.05, 0) is 32.7 Å². The molecule has 2 unspecified atom stereocenters. The molecule has 3 N–H and O–H groups in total. The Morgan fingerprint density at radius 2 is 1.95 bits per heavy atom. The maximum atomic E-state index is 12.6. The molecule has 0 spiro atoms. The Kier molecular flexibility index (Phi) is 6.83. The normalized spacial score (nSPS) is 15.1. The number of aromatic amines is 1. The van der Waals surface area contributed by atoms with Crippen molar-refractivity contribution in [2.45, 2.75) is 64.9 Å². The standard InChI is InChI=1S/C14H28N4O2S/c1-6-10(3)8-11(4)18-21(19,20)14-12(5)16-17-13(14)9-15-7-2/h10-11,15,18H,6-9H2,1-5H3,(H,16,17). The van der Waals surface area contributed by atoms with Crippen LogP contribution in [0.2, 0.25) is 0 Å². The number of sulfonamides is 1. The van der Waals surface area contributed by atoms with E-state index in [2.05, 4.69) is 34.1 Å². The van der Waals surface area contributed by atoms with Gasteiger partial charge in [0, 0.05) is 12.6 Å². The molecule has 0 bridgehead atoms. The molecule has 6 nitrogen and oxygen atoms in total. The molecule has 2 atom stereocenters. The van der Waals surface area contributed by atoms with Gasteiger partial charge in [0.25, 0.3) is 0 Å². The van der Waals surface area contributed by atoms with Gasteiger partial charge in [-0.2, -0.15) is 5.10 Å². The van der Waals surface area contributed by atoms with Crippen LogP contribution in [0, 0.1) is 12.8 Å². The second kappa shape index (κ2) is 7.91. The van der Waals surface area contributed by atoms with E-state index < -0.39 is 10.0 Å². The fourth-order valence-electron chi connectivity index (χ4n) is 2.33. The number of hydrogen-bond donors (Lipinski definition) is 3. The third-order valence-electron chi connectivity index (χ3n) is 3.58. The maximum absolute atomic E-state index is 12.6. The topological polar surface area (TPSA) is 86.9 Å². The molecule has 1 rings (SSSR count). The average Bonchev–Trinajstić information content (AvgIpc) is 2.77. The van der Waals surface area contributed by atoms with Crippen molar-refractivity contribution in [2.75, 3.05) is 6.54 Å². The van der Waals surface area contributed by atoms with E-state index in [0.29, 0.717) is 23.9 Å². The highest BCUT2D eigenvalue weighted by atomic mass is 32.2. The Morgan fingerprint density at radius 1 is 1.29 bits per heavy atom. The van der Waals surface area contributed by atoms with E-state index in [1.807, 2.05) is 13.8 Å². The second-order valence-electron chi connectivity index (χ2n) is 5.68. The van der Waals surface area contributed by atoms with Crippen molar-refractivity contribution in [3.63, 3.8) is 0 Å². The van der Waals surface area contributed by atoms with Crippen LogP contribution in [-0.4, -0.2) is 31.2 Å². The van der Waals surface area contributed by atoms with E-state index in [1.54, 1.807) is 6.92 Å². The van der Waals surface area contributed by atoms with Gasteiger partial charge in [0.15, 0.2) is 0 Å². The number of hydrogen-bond acceptors (Lipinski definition) is 4. The van der Waals surface area contributed by atoms with Gasteiger partial charge in [0.05, 0.1) is 11.4 Å². The van der Waals surface area contributed by atoms with Crippen molar-refractivity contribution in [3.05, 3.63) is 11.4 Å². The number of nitrogens with zero attached hydrogens (tertiary/aromatic N) is 1. The smallest absolute Gasteiger partial charge is 0.244 e. The molecule has 1 heterocycles. The van der Waals surface area contributed by atoms with Crippen LogP contribution in [0.15, 0.2) is 4.90 Å². The highest BCUT2D eigenvalue weighted by Crippen LogP contribution is 2.19. The number of nitrogens with one attached hydrogen (secondary N) is 3. The minimum atomic E-state index is -3.55. The van der Waals surface area contributed by atoms with Gasteiger partial charge in [-0.1, -0.05) is 27.2 Å². The van der Waals surface area contributed by atoms with Crippen LogP contribution < -0.4 is 10.0 Å². The summed E-state index contributed by atoms with van der Waals surface area (Å²) in [5.74, 6) is 0.495. The van der Waals surface area contributed by atoms with Crippen LogP contribution in [0.3, 0.4) is 0 Å². The molecule has 7 heteroatoms. The first-order valence-corrected chi connectivity index (χ1v) is 9.06. The summed E-state index contributed by atoms with van der Waals surface area (Å²) < 4.78 is 27.9. The van der Waals surface area contributed by atoms with Crippen molar-refractivity contribution in [1.29, 1.82) is 0 Å². The highest BCUT2D eigenvalue weighted by molar-refractivity contribution is 7.89. The summed E-state index contributed by atoms with van der Waals surface area (Å²) in [7, 11) is -3.55. The molecule has 0 aliphatic carbocycles. The molecule has 0 saturated carbocycles. The fraction of sp³-hybridized carbons (Fsp3) is 0.786. The van der Waals surface area contributed by atoms with E-state index in [1.165, 1.54) is 0 Å². The van der Waals surface area contributed by atoms with E-state index in [9.17, 15) is 8.42 Å². The minimum Gasteiger partial charge on any atom is -0.311 e. The van der Waals surface area contributed by atoms with Crippen LogP contribution in [0.5, 0.6) is 0 Å². The lowest BCUT2D eigenvalue weighted by Crippen LogP contribution is -2.34. The maximum Gasteiger partial charge on any atom is 0.244 e. The van der Waals surface area contributed by atoms with Gasteiger partial charge < -0.3 is 5.32 Å². The van der Waals surface area contributed by atoms with Crippen LogP contribution in [0.4, 0.5) is 0 Å². The van der Waals surface area contributed by atoms with Crippen LogP contribution in [0.1, 0.15) is 51.9 Å². The summed E-state index contributed by atoms with van der Waals surface area (Å²) >= 11 is 0. The van der Waals surface area contributed by atoms with Crippen molar-refractivity contribution in [2.24, 2.45) is 5.92 Å². The van der Waals surface area contributed by atoms with E-state index in [-0.39, 0.29) is 10.9 Å². The zero-order valence-electron chi connectivity index (χ0n) is 13.7. The first kappa shape index (κ1) is 18.1. The van der Waals surface area contributed by atoms with E-state index >= 15 is 0 Å². The number of H-pyrrole nitrogens is 1. The molecular formula is C14H28N4O2S. The van der Waals surface area contributed by atoms with Crippen molar-refractivity contribution in [3.8, 4) is 0 Å². The molecule has 0 aliphatic rings. The van der Waals surface area contributed by atoms with Gasteiger partial charge in [-0.25, -0.2) is 13.1 Å². The van der Waals surface area contributed by atoms with E-state index in [4.69, 9.17) is 0 Å². The quantitative estimate of drug-likeness (QED) is 0.649. The third kappa shape index (κ3) is 5.09. The largest absolute Gasteiger partial charge is 0.311 e. The van der Waals surface area contributed by atoms with Crippen LogP contribution >= 0.6 is 0 Å². The molecular weight excluding hydrogens is 288 g/mol. The van der Waals surface area contributed by atoms with Crippen LogP contribution in [0.25, 0.3) is 0 Å². The molecule has 21 heavy (non-hydrogen) atoms. The number of aryl methyl sites for hydroxylation is 1. The highest BCUT2D eigenvalue weighted by Gasteiger charge is 2.26. The van der Waals surface area contributed by atoms with Gasteiger partial charge in [0.2, 0.25) is 10.0 Å². The Morgan fingerprint density at radius 3 is 2.52 bits per heavy atom. The van der Waals surface area contributed by atoms with Gasteiger partial charge >= 0.3 is 0 Å². The number of rotatable bonds is 9. The predicted molar refractivity (Wildman–Crippen MR) is 84.6 cm³/mol. The van der Waals surface area contributed by atoms with Gasteiger partial charge in [-0.15, -0.1) is 0 Å². The number of aromatic nitrogens is 2. The Balaban J connectivity index is 2.89. The molecule has 0 saturated heterocycles. The summed E-state index contributed by atoms with van der Waals surface area (Å²) in [6.45, 7) is 11.1. The summed E-state index contributed by atoms with van der Waals surface area (Å²) in [6, 6.07) is -0.0914. The van der Waals surface area contributed by atoms with Crippen molar-refractivity contribution < 1.29 is 8.42 Å². The summed E-state index contributed by atoms with van der Waals surface area (Å²) in [4.78, 5) is 0.277. The van der Waals surface area contributed by atoms with Gasteiger partial charge in [-0.3, -0.25) is 5.10 Å². The molecule has 1 aromatic heterocycles. The van der Waals surface area contributed by atoms with Crippen LogP contribution in [-0.2, 0) is 16.6 Å². The zero-order chi connectivity index (χ0) is 16.0. The molecule has 0 amide bonds. The summed E-state index contributed by atoms with van der Waals surface area (Å²) in [6.07, 6.45) is 1.87. The first-order chi connectivity index (χ1) is 9.81.